The lowest BCUT2D eigenvalue weighted by Crippen LogP contribution is -2.07. The highest BCUT2D eigenvalue weighted by atomic mass is 79.9. The number of aryl methyl sites for hydroxylation is 1. The number of hydrogen-bond donors (Lipinski definition) is 1. The van der Waals surface area contributed by atoms with E-state index in [4.69, 9.17) is 5.11 Å². The van der Waals surface area contributed by atoms with E-state index in [1.807, 2.05) is 43.5 Å². The molecule has 0 radical (unpaired) electrons. The Balaban J connectivity index is 2.52. The molecule has 0 bridgehead atoms. The number of carbonyl (C=O) groups is 1. The first-order valence-electron chi connectivity index (χ1n) is 6.46. The molecule has 0 fully saturated rings. The highest BCUT2D eigenvalue weighted by molar-refractivity contribution is 9.10. The summed E-state index contributed by atoms with van der Waals surface area (Å²) in [4.78, 5) is 10.8. The molecule has 7 heteroatoms. The van der Waals surface area contributed by atoms with Crippen LogP contribution in [0.5, 0.6) is 0 Å². The van der Waals surface area contributed by atoms with Crippen LogP contribution in [0, 0.1) is 6.92 Å². The third kappa shape index (κ3) is 3.65. The zero-order valence-electron chi connectivity index (χ0n) is 12.0. The molecule has 5 nitrogen and oxygen atoms in total. The summed E-state index contributed by atoms with van der Waals surface area (Å²) in [6.45, 7) is 6.09. The molecule has 1 aromatic carbocycles. The van der Waals surface area contributed by atoms with Crippen molar-refractivity contribution < 1.29 is 9.90 Å². The summed E-state index contributed by atoms with van der Waals surface area (Å²) in [7, 11) is 0. The molecule has 1 N–H and O–H groups in total. The normalized spacial score (nSPS) is 11.1. The van der Waals surface area contributed by atoms with E-state index in [9.17, 15) is 4.79 Å². The molecule has 0 amide bonds. The van der Waals surface area contributed by atoms with Gasteiger partial charge in [0.05, 0.1) is 11.4 Å². The van der Waals surface area contributed by atoms with E-state index in [-0.39, 0.29) is 11.7 Å². The van der Waals surface area contributed by atoms with Crippen LogP contribution in [0.4, 0.5) is 0 Å². The Bertz CT molecular complexity index is 670. The molecule has 0 aliphatic heterocycles. The van der Waals surface area contributed by atoms with Gasteiger partial charge in [-0.25, -0.2) is 0 Å². The SMILES string of the molecule is Cc1ccc(-n2c(SCC(=O)O)nnc2C(C)C)c(Br)c1. The van der Waals surface area contributed by atoms with E-state index < -0.39 is 5.97 Å². The third-order valence-corrected chi connectivity index (χ3v) is 4.39. The Morgan fingerprint density at radius 1 is 1.43 bits per heavy atom. The van der Waals surface area contributed by atoms with E-state index in [2.05, 4.69) is 26.1 Å². The smallest absolute Gasteiger partial charge is 0.313 e. The Kier molecular flexibility index (Phi) is 5.05. The summed E-state index contributed by atoms with van der Waals surface area (Å²) in [5.41, 5.74) is 2.06. The summed E-state index contributed by atoms with van der Waals surface area (Å²) in [5.74, 6) is 0.0839. The number of aliphatic carboxylic acids is 1. The highest BCUT2D eigenvalue weighted by Crippen LogP contribution is 2.30. The Morgan fingerprint density at radius 2 is 2.14 bits per heavy atom. The number of rotatable bonds is 5. The van der Waals surface area contributed by atoms with Gasteiger partial charge in [0.1, 0.15) is 5.82 Å². The van der Waals surface area contributed by atoms with Gasteiger partial charge in [0.15, 0.2) is 5.16 Å². The quantitative estimate of drug-likeness (QED) is 0.814. The Labute approximate surface area is 135 Å². The van der Waals surface area contributed by atoms with Crippen molar-refractivity contribution in [1.29, 1.82) is 0 Å². The van der Waals surface area contributed by atoms with Gasteiger partial charge in [-0.05, 0) is 40.5 Å². The van der Waals surface area contributed by atoms with Crippen LogP contribution in [0.3, 0.4) is 0 Å². The number of nitrogens with zero attached hydrogens (tertiary/aromatic N) is 3. The lowest BCUT2D eigenvalue weighted by Gasteiger charge is -2.13. The topological polar surface area (TPSA) is 68.0 Å². The van der Waals surface area contributed by atoms with Crippen molar-refractivity contribution in [2.45, 2.75) is 31.8 Å². The Morgan fingerprint density at radius 3 is 2.71 bits per heavy atom. The second kappa shape index (κ2) is 6.62. The fourth-order valence-corrected chi connectivity index (χ4v) is 3.24. The van der Waals surface area contributed by atoms with E-state index in [0.717, 1.165) is 21.5 Å². The molecule has 0 aliphatic carbocycles. The minimum atomic E-state index is -0.872. The second-order valence-corrected chi connectivity index (χ2v) is 6.76. The maximum absolute atomic E-state index is 10.8. The molecule has 21 heavy (non-hydrogen) atoms. The standard InChI is InChI=1S/C14H16BrN3O2S/c1-8(2)13-16-17-14(21-7-12(19)20)18(13)11-5-4-9(3)6-10(11)15/h4-6,8H,7H2,1-3H3,(H,19,20). The van der Waals surface area contributed by atoms with E-state index in [1.165, 1.54) is 11.8 Å². The van der Waals surface area contributed by atoms with Crippen molar-refractivity contribution in [3.8, 4) is 5.69 Å². The van der Waals surface area contributed by atoms with E-state index >= 15 is 0 Å². The van der Waals surface area contributed by atoms with Crippen LogP contribution in [0.15, 0.2) is 27.8 Å². The number of halogens is 1. The average Bonchev–Trinajstić information content (AvgIpc) is 2.80. The highest BCUT2D eigenvalue weighted by Gasteiger charge is 2.19. The number of aromatic nitrogens is 3. The van der Waals surface area contributed by atoms with E-state index in [1.54, 1.807) is 0 Å². The van der Waals surface area contributed by atoms with Gasteiger partial charge >= 0.3 is 5.97 Å². The summed E-state index contributed by atoms with van der Waals surface area (Å²) < 4.78 is 2.85. The van der Waals surface area contributed by atoms with Crippen molar-refractivity contribution in [2.24, 2.45) is 0 Å². The van der Waals surface area contributed by atoms with Gasteiger partial charge in [-0.15, -0.1) is 10.2 Å². The van der Waals surface area contributed by atoms with Crippen molar-refractivity contribution >= 4 is 33.7 Å². The number of benzene rings is 1. The molecule has 1 aromatic heterocycles. The molecule has 0 unspecified atom stereocenters. The number of carboxylic acids is 1. The number of hydrogen-bond acceptors (Lipinski definition) is 4. The van der Waals surface area contributed by atoms with Crippen LogP contribution >= 0.6 is 27.7 Å². The molecular formula is C14H16BrN3O2S. The maximum atomic E-state index is 10.8. The maximum Gasteiger partial charge on any atom is 0.313 e. The molecule has 1 heterocycles. The average molecular weight is 370 g/mol. The van der Waals surface area contributed by atoms with Gasteiger partial charge in [0, 0.05) is 10.4 Å². The molecule has 0 atom stereocenters. The number of carboxylic acid groups (broad SMARTS) is 1. The van der Waals surface area contributed by atoms with Crippen LogP contribution in [-0.4, -0.2) is 31.6 Å². The van der Waals surface area contributed by atoms with E-state index in [0.29, 0.717) is 5.16 Å². The van der Waals surface area contributed by atoms with Gasteiger partial charge in [-0.2, -0.15) is 0 Å². The second-order valence-electron chi connectivity index (χ2n) is 4.97. The van der Waals surface area contributed by atoms with Gasteiger partial charge in [0.2, 0.25) is 0 Å². The van der Waals surface area contributed by atoms with Gasteiger partial charge < -0.3 is 5.11 Å². The van der Waals surface area contributed by atoms with Crippen LogP contribution in [0.1, 0.15) is 31.2 Å². The molecule has 0 spiro atoms. The lowest BCUT2D eigenvalue weighted by atomic mass is 10.2. The lowest BCUT2D eigenvalue weighted by molar-refractivity contribution is -0.133. The fraction of sp³-hybridized carbons (Fsp3) is 0.357. The van der Waals surface area contributed by atoms with Crippen LogP contribution < -0.4 is 0 Å². The molecule has 112 valence electrons. The van der Waals surface area contributed by atoms with Gasteiger partial charge in [-0.3, -0.25) is 9.36 Å². The molecule has 0 saturated carbocycles. The summed E-state index contributed by atoms with van der Waals surface area (Å²) >= 11 is 4.73. The van der Waals surface area contributed by atoms with Crippen molar-refractivity contribution in [3.63, 3.8) is 0 Å². The zero-order chi connectivity index (χ0) is 15.6. The largest absolute Gasteiger partial charge is 0.481 e. The first kappa shape index (κ1) is 16.0. The minimum Gasteiger partial charge on any atom is -0.481 e. The first-order chi connectivity index (χ1) is 9.90. The summed E-state index contributed by atoms with van der Waals surface area (Å²) in [5, 5.41) is 17.8. The van der Waals surface area contributed by atoms with Crippen molar-refractivity contribution in [2.75, 3.05) is 5.75 Å². The molecule has 2 rings (SSSR count). The molecule has 2 aromatic rings. The van der Waals surface area contributed by atoms with Crippen LogP contribution in [-0.2, 0) is 4.79 Å². The Hall–Kier alpha value is -1.34. The van der Waals surface area contributed by atoms with Crippen LogP contribution in [0.25, 0.3) is 5.69 Å². The van der Waals surface area contributed by atoms with Gasteiger partial charge in [0.25, 0.3) is 0 Å². The monoisotopic (exact) mass is 369 g/mol. The summed E-state index contributed by atoms with van der Waals surface area (Å²) in [6, 6.07) is 6.01. The van der Waals surface area contributed by atoms with Crippen molar-refractivity contribution in [3.05, 3.63) is 34.1 Å². The predicted octanol–water partition coefficient (Wildman–Crippen LogP) is 3.64. The molecule has 0 saturated heterocycles. The van der Waals surface area contributed by atoms with Crippen molar-refractivity contribution in [1.82, 2.24) is 14.8 Å². The predicted molar refractivity (Wildman–Crippen MR) is 86.2 cm³/mol. The molecule has 0 aliphatic rings. The summed E-state index contributed by atoms with van der Waals surface area (Å²) in [6.07, 6.45) is 0. The minimum absolute atomic E-state index is 0.0420. The van der Waals surface area contributed by atoms with Crippen LogP contribution in [0.2, 0.25) is 0 Å². The molecular weight excluding hydrogens is 354 g/mol. The zero-order valence-corrected chi connectivity index (χ0v) is 14.4. The van der Waals surface area contributed by atoms with Gasteiger partial charge in [-0.1, -0.05) is 31.7 Å². The first-order valence-corrected chi connectivity index (χ1v) is 8.24. The fourth-order valence-electron chi connectivity index (χ4n) is 1.89. The third-order valence-electron chi connectivity index (χ3n) is 2.84. The number of thioether (sulfide) groups is 1.